The van der Waals surface area contributed by atoms with Gasteiger partial charge in [-0.1, -0.05) is 29.3 Å². The molecule has 0 unspecified atom stereocenters. The second-order valence-electron chi connectivity index (χ2n) is 6.12. The van der Waals surface area contributed by atoms with Crippen LogP contribution in [-0.2, 0) is 6.54 Å². The van der Waals surface area contributed by atoms with Gasteiger partial charge in [0.05, 0.1) is 29.0 Å². The third-order valence-electron chi connectivity index (χ3n) is 4.30. The van der Waals surface area contributed by atoms with Gasteiger partial charge in [0.1, 0.15) is 5.82 Å². The van der Waals surface area contributed by atoms with Gasteiger partial charge in [0, 0.05) is 12.1 Å². The van der Waals surface area contributed by atoms with Crippen molar-refractivity contribution in [2.24, 2.45) is 0 Å². The highest BCUT2D eigenvalue weighted by Gasteiger charge is 2.11. The van der Waals surface area contributed by atoms with E-state index in [1.807, 2.05) is 24.3 Å². The van der Waals surface area contributed by atoms with E-state index in [2.05, 4.69) is 15.4 Å². The van der Waals surface area contributed by atoms with E-state index in [4.69, 9.17) is 27.9 Å². The third-order valence-corrected chi connectivity index (χ3v) is 5.03. The highest BCUT2D eigenvalue weighted by molar-refractivity contribution is 6.42. The largest absolute Gasteiger partial charge is 0.504 e. The Morgan fingerprint density at radius 3 is 2.71 bits per heavy atom. The minimum atomic E-state index is 0.0806. The zero-order chi connectivity index (χ0) is 19.7. The minimum Gasteiger partial charge on any atom is -0.504 e. The molecule has 28 heavy (non-hydrogen) atoms. The maximum atomic E-state index is 9.81. The van der Waals surface area contributed by atoms with Crippen LogP contribution in [0.5, 0.6) is 11.5 Å². The van der Waals surface area contributed by atoms with Crippen LogP contribution in [0.1, 0.15) is 5.56 Å². The summed E-state index contributed by atoms with van der Waals surface area (Å²) < 4.78 is 6.93. The van der Waals surface area contributed by atoms with Crippen LogP contribution in [0.15, 0.2) is 54.7 Å². The predicted octanol–water partition coefficient (Wildman–Crippen LogP) is 5.03. The first-order valence-electron chi connectivity index (χ1n) is 8.45. The summed E-state index contributed by atoms with van der Waals surface area (Å²) in [6, 6.07) is 14.4. The van der Waals surface area contributed by atoms with E-state index in [9.17, 15) is 5.11 Å². The lowest BCUT2D eigenvalue weighted by atomic mass is 10.1. The average Bonchev–Trinajstić information content (AvgIpc) is 3.12. The Kier molecular flexibility index (Phi) is 4.98. The van der Waals surface area contributed by atoms with Crippen LogP contribution in [0, 0.1) is 0 Å². The van der Waals surface area contributed by atoms with Gasteiger partial charge in [0.2, 0.25) is 0 Å². The van der Waals surface area contributed by atoms with E-state index < -0.39 is 0 Å². The van der Waals surface area contributed by atoms with Crippen LogP contribution < -0.4 is 10.1 Å². The zero-order valence-corrected chi connectivity index (χ0v) is 16.4. The number of nitrogens with zero attached hydrogens (tertiary/aromatic N) is 3. The van der Waals surface area contributed by atoms with Crippen LogP contribution in [0.2, 0.25) is 10.0 Å². The lowest BCUT2D eigenvalue weighted by molar-refractivity contribution is 0.373. The van der Waals surface area contributed by atoms with E-state index in [1.165, 1.54) is 7.11 Å². The van der Waals surface area contributed by atoms with Crippen molar-refractivity contribution in [1.82, 2.24) is 14.6 Å². The fourth-order valence-electron chi connectivity index (χ4n) is 2.84. The number of hydrogen-bond donors (Lipinski definition) is 2. The summed E-state index contributed by atoms with van der Waals surface area (Å²) in [5.74, 6) is 1.15. The van der Waals surface area contributed by atoms with Crippen LogP contribution in [0.4, 0.5) is 5.82 Å². The van der Waals surface area contributed by atoms with Crippen molar-refractivity contribution < 1.29 is 9.84 Å². The predicted molar refractivity (Wildman–Crippen MR) is 110 cm³/mol. The molecule has 2 aromatic carbocycles. The molecule has 0 fully saturated rings. The lowest BCUT2D eigenvalue weighted by Crippen LogP contribution is -2.04. The van der Waals surface area contributed by atoms with Gasteiger partial charge in [-0.3, -0.25) is 0 Å². The van der Waals surface area contributed by atoms with Gasteiger partial charge >= 0.3 is 0 Å². The SMILES string of the molecule is COc1cc(-c2cnc3ccc(NCc4ccc(Cl)c(Cl)c4)nn23)ccc1O. The summed E-state index contributed by atoms with van der Waals surface area (Å²) in [4.78, 5) is 4.39. The molecule has 2 aromatic heterocycles. The molecule has 8 heteroatoms. The van der Waals surface area contributed by atoms with Gasteiger partial charge in [0.15, 0.2) is 17.1 Å². The smallest absolute Gasteiger partial charge is 0.161 e. The summed E-state index contributed by atoms with van der Waals surface area (Å²) in [5.41, 5.74) is 3.32. The monoisotopic (exact) mass is 414 g/mol. The Balaban J connectivity index is 1.63. The van der Waals surface area contributed by atoms with Crippen molar-refractivity contribution in [1.29, 1.82) is 0 Å². The number of phenolic OH excluding ortho intramolecular Hbond substituents is 1. The molecule has 0 atom stereocenters. The fraction of sp³-hybridized carbons (Fsp3) is 0.100. The number of halogens is 2. The Bertz CT molecular complexity index is 1160. The van der Waals surface area contributed by atoms with Crippen molar-refractivity contribution in [3.63, 3.8) is 0 Å². The van der Waals surface area contributed by atoms with Crippen LogP contribution in [-0.4, -0.2) is 26.8 Å². The molecule has 2 heterocycles. The van der Waals surface area contributed by atoms with Crippen LogP contribution >= 0.6 is 23.2 Å². The molecular formula is C20H16Cl2N4O2. The molecular weight excluding hydrogens is 399 g/mol. The number of anilines is 1. The number of nitrogens with one attached hydrogen (secondary N) is 1. The van der Waals surface area contributed by atoms with Gasteiger partial charge < -0.3 is 15.2 Å². The van der Waals surface area contributed by atoms with Crippen LogP contribution in [0.3, 0.4) is 0 Å². The number of hydrogen-bond acceptors (Lipinski definition) is 5. The number of imidazole rings is 1. The second kappa shape index (κ2) is 7.58. The topological polar surface area (TPSA) is 71.7 Å². The molecule has 4 aromatic rings. The lowest BCUT2D eigenvalue weighted by Gasteiger charge is -2.09. The molecule has 0 aliphatic heterocycles. The second-order valence-corrected chi connectivity index (χ2v) is 6.94. The molecule has 0 radical (unpaired) electrons. The first-order chi connectivity index (χ1) is 13.5. The molecule has 2 N–H and O–H groups in total. The molecule has 0 aliphatic carbocycles. The van der Waals surface area contributed by atoms with E-state index >= 15 is 0 Å². The highest BCUT2D eigenvalue weighted by Crippen LogP contribution is 2.31. The minimum absolute atomic E-state index is 0.0806. The number of aromatic nitrogens is 3. The van der Waals surface area contributed by atoms with Gasteiger partial charge in [-0.05, 0) is 48.0 Å². The summed E-state index contributed by atoms with van der Waals surface area (Å²) >= 11 is 12.0. The molecule has 4 rings (SSSR count). The molecule has 6 nitrogen and oxygen atoms in total. The van der Waals surface area contributed by atoms with Crippen molar-refractivity contribution in [2.75, 3.05) is 12.4 Å². The summed E-state index contributed by atoms with van der Waals surface area (Å²) in [6.07, 6.45) is 1.73. The molecule has 142 valence electrons. The molecule has 0 saturated heterocycles. The number of methoxy groups -OCH3 is 1. The molecule has 0 aliphatic rings. The number of phenols is 1. The van der Waals surface area contributed by atoms with Crippen LogP contribution in [0.25, 0.3) is 16.9 Å². The Morgan fingerprint density at radius 2 is 1.93 bits per heavy atom. The number of fused-ring (bicyclic) bond motifs is 1. The van der Waals surface area contributed by atoms with Crippen molar-refractivity contribution >= 4 is 34.7 Å². The van der Waals surface area contributed by atoms with Gasteiger partial charge in [-0.25, -0.2) is 9.50 Å². The van der Waals surface area contributed by atoms with Gasteiger partial charge in [-0.2, -0.15) is 0 Å². The van der Waals surface area contributed by atoms with Gasteiger partial charge in [-0.15, -0.1) is 5.10 Å². The summed E-state index contributed by atoms with van der Waals surface area (Å²) in [5, 5.41) is 18.8. The fourth-order valence-corrected chi connectivity index (χ4v) is 3.16. The number of benzene rings is 2. The standard InChI is InChI=1S/C20H16Cl2N4O2/c1-28-18-9-13(3-5-17(18)27)16-11-24-20-7-6-19(25-26(16)20)23-10-12-2-4-14(21)15(22)8-12/h2-9,11,27H,10H2,1H3,(H,23,25). The molecule has 0 saturated carbocycles. The maximum Gasteiger partial charge on any atom is 0.161 e. The average molecular weight is 415 g/mol. The van der Waals surface area contributed by atoms with Crippen molar-refractivity contribution in [3.05, 3.63) is 70.3 Å². The van der Waals surface area contributed by atoms with E-state index in [0.717, 1.165) is 16.8 Å². The first-order valence-corrected chi connectivity index (χ1v) is 9.21. The normalized spacial score (nSPS) is 11.0. The summed E-state index contributed by atoms with van der Waals surface area (Å²) in [6.45, 7) is 0.548. The van der Waals surface area contributed by atoms with E-state index in [0.29, 0.717) is 33.8 Å². The number of aromatic hydroxyl groups is 1. The van der Waals surface area contributed by atoms with Crippen molar-refractivity contribution in [3.8, 4) is 22.8 Å². The number of ether oxygens (including phenoxy) is 1. The first kappa shape index (κ1) is 18.4. The third kappa shape index (κ3) is 3.56. The maximum absolute atomic E-state index is 9.81. The quantitative estimate of drug-likeness (QED) is 0.479. The Hall–Kier alpha value is -2.96. The van der Waals surface area contributed by atoms with E-state index in [-0.39, 0.29) is 5.75 Å². The van der Waals surface area contributed by atoms with Gasteiger partial charge in [0.25, 0.3) is 0 Å². The molecule has 0 amide bonds. The number of rotatable bonds is 5. The summed E-state index contributed by atoms with van der Waals surface area (Å²) in [7, 11) is 1.51. The molecule has 0 spiro atoms. The molecule has 0 bridgehead atoms. The van der Waals surface area contributed by atoms with Crippen molar-refractivity contribution in [2.45, 2.75) is 6.54 Å². The highest BCUT2D eigenvalue weighted by atomic mass is 35.5. The van der Waals surface area contributed by atoms with E-state index in [1.54, 1.807) is 35.0 Å². The Labute approximate surface area is 171 Å². The Morgan fingerprint density at radius 1 is 1.07 bits per heavy atom. The zero-order valence-electron chi connectivity index (χ0n) is 14.9.